The van der Waals surface area contributed by atoms with Crippen molar-refractivity contribution < 1.29 is 33.1 Å². The molecule has 0 unspecified atom stereocenters. The molecule has 0 aliphatic rings. The van der Waals surface area contributed by atoms with E-state index in [1.807, 2.05) is 70.2 Å². The minimum Gasteiger partial charge on any atom is -0.475 e. The Morgan fingerprint density at radius 2 is 1.21 bits per heavy atom. The number of ether oxygens (including phenoxy) is 6. The van der Waals surface area contributed by atoms with Gasteiger partial charge in [-0.2, -0.15) is 12.6 Å². The lowest BCUT2D eigenvalue weighted by Crippen LogP contribution is -2.45. The second-order valence-electron chi connectivity index (χ2n) is 9.70. The summed E-state index contributed by atoms with van der Waals surface area (Å²) in [5.41, 5.74) is 1.78. The van der Waals surface area contributed by atoms with Crippen LogP contribution >= 0.6 is 12.6 Å². The van der Waals surface area contributed by atoms with Crippen LogP contribution in [0, 0.1) is 0 Å². The van der Waals surface area contributed by atoms with Gasteiger partial charge in [0, 0.05) is 10.9 Å². The summed E-state index contributed by atoms with van der Waals surface area (Å²) in [7, 11) is 0.469. The highest BCUT2D eigenvalue weighted by molar-refractivity contribution is 7.81. The highest BCUT2D eigenvalue weighted by atomic mass is 32.1. The van der Waals surface area contributed by atoms with E-state index in [1.165, 1.54) is 0 Å². The van der Waals surface area contributed by atoms with Crippen molar-refractivity contribution >= 4 is 25.6 Å². The van der Waals surface area contributed by atoms with Gasteiger partial charge in [-0.25, -0.2) is 4.98 Å². The average Bonchev–Trinajstić information content (AvgIpc) is 2.90. The van der Waals surface area contributed by atoms with E-state index in [1.54, 1.807) is 6.20 Å². The normalized spacial score (nSPS) is 12.0. The Labute approximate surface area is 234 Å². The predicted octanol–water partition coefficient (Wildman–Crippen LogP) is 3.22. The maximum Gasteiger partial charge on any atom is 0.310 e. The molecule has 0 N–H and O–H groups in total. The van der Waals surface area contributed by atoms with Crippen LogP contribution in [0.5, 0.6) is 5.88 Å². The average molecular weight is 550 g/mol. The number of hydrogen-bond donors (Lipinski definition) is 1. The lowest BCUT2D eigenvalue weighted by molar-refractivity contribution is -0.0140. The molecule has 0 atom stereocenters. The summed E-state index contributed by atoms with van der Waals surface area (Å²) in [5, 5.41) is 0. The van der Waals surface area contributed by atoms with E-state index in [0.717, 1.165) is 11.0 Å². The van der Waals surface area contributed by atoms with Crippen molar-refractivity contribution in [3.8, 4) is 5.88 Å². The van der Waals surface area contributed by atoms with E-state index < -0.39 is 0 Å². The summed E-state index contributed by atoms with van der Waals surface area (Å²) in [6, 6.07) is 13.9. The number of aromatic nitrogens is 1. The zero-order chi connectivity index (χ0) is 27.5. The second-order valence-corrected chi connectivity index (χ2v) is 10.8. The first-order valence-electron chi connectivity index (χ1n) is 13.1. The van der Waals surface area contributed by atoms with Crippen LogP contribution in [0.1, 0.15) is 33.3 Å². The maximum atomic E-state index is 6.02. The Kier molecular flexibility index (Phi) is 15.9. The molecule has 0 saturated heterocycles. The third kappa shape index (κ3) is 14.5. The Balaban J connectivity index is 1.34. The maximum absolute atomic E-state index is 6.02. The van der Waals surface area contributed by atoms with E-state index in [-0.39, 0.29) is 10.3 Å². The molecule has 0 radical (unpaired) electrons. The number of benzene rings is 1. The molecule has 0 bridgehead atoms. The van der Waals surface area contributed by atoms with Crippen LogP contribution in [0.4, 0.5) is 0 Å². The summed E-state index contributed by atoms with van der Waals surface area (Å²) in [4.78, 5) is 4.33. The Morgan fingerprint density at radius 1 is 0.684 bits per heavy atom. The van der Waals surface area contributed by atoms with E-state index >= 15 is 0 Å². The van der Waals surface area contributed by atoms with Gasteiger partial charge in [0.1, 0.15) is 6.61 Å². The molecule has 38 heavy (non-hydrogen) atoms. The lowest BCUT2D eigenvalue weighted by atomic mass is 9.85. The molecule has 1 heterocycles. The van der Waals surface area contributed by atoms with Gasteiger partial charge in [-0.15, -0.1) is 0 Å². The summed E-state index contributed by atoms with van der Waals surface area (Å²) < 4.78 is 39.0. The van der Waals surface area contributed by atoms with Crippen molar-refractivity contribution in [1.82, 2.24) is 4.98 Å². The summed E-state index contributed by atoms with van der Waals surface area (Å²) in [6.07, 6.45) is 1.77. The Morgan fingerprint density at radius 3 is 1.71 bits per heavy atom. The molecule has 8 nitrogen and oxygen atoms in total. The highest BCUT2D eigenvalue weighted by Gasteiger charge is 2.34. The van der Waals surface area contributed by atoms with Crippen LogP contribution in [0.2, 0.25) is 0 Å². The molecule has 0 spiro atoms. The molecule has 1 aromatic carbocycles. The Hall–Kier alpha value is -1.66. The molecule has 0 aliphatic carbocycles. The van der Waals surface area contributed by atoms with Gasteiger partial charge >= 0.3 is 7.48 Å². The molecule has 0 fully saturated rings. The molecule has 2 rings (SSSR count). The van der Waals surface area contributed by atoms with Gasteiger partial charge in [-0.3, -0.25) is 0 Å². The van der Waals surface area contributed by atoms with E-state index in [4.69, 9.17) is 33.1 Å². The van der Waals surface area contributed by atoms with Gasteiger partial charge < -0.3 is 33.1 Å². The number of hydrogen-bond acceptors (Lipinski definition) is 9. The smallest absolute Gasteiger partial charge is 0.310 e. The van der Waals surface area contributed by atoms with E-state index in [2.05, 4.69) is 17.6 Å². The fourth-order valence-corrected chi connectivity index (χ4v) is 2.94. The number of thiol groups is 1. The first-order chi connectivity index (χ1) is 18.3. The van der Waals surface area contributed by atoms with Crippen LogP contribution in [0.15, 0.2) is 48.7 Å². The van der Waals surface area contributed by atoms with Crippen molar-refractivity contribution in [3.63, 3.8) is 0 Å². The highest BCUT2D eigenvalue weighted by Crippen LogP contribution is 2.30. The van der Waals surface area contributed by atoms with E-state index in [0.29, 0.717) is 86.0 Å². The number of nitrogens with zero attached hydrogens (tertiary/aromatic N) is 1. The van der Waals surface area contributed by atoms with Crippen molar-refractivity contribution in [1.29, 1.82) is 0 Å². The molecule has 1 aromatic heterocycles. The summed E-state index contributed by atoms with van der Waals surface area (Å²) >= 11 is 4.62. The minimum absolute atomic E-state index is 0.253. The van der Waals surface area contributed by atoms with Crippen molar-refractivity contribution in [3.05, 3.63) is 54.2 Å². The molecular weight excluding hydrogens is 505 g/mol. The van der Waals surface area contributed by atoms with E-state index in [9.17, 15) is 0 Å². The lowest BCUT2D eigenvalue weighted by Gasteiger charge is -2.38. The number of rotatable bonds is 22. The molecule has 10 heteroatoms. The topological polar surface area (TPSA) is 77.5 Å². The summed E-state index contributed by atoms with van der Waals surface area (Å²) in [6.45, 7) is 13.9. The van der Waals surface area contributed by atoms with Gasteiger partial charge in [0.2, 0.25) is 5.88 Å². The van der Waals surface area contributed by atoms with Crippen molar-refractivity contribution in [2.24, 2.45) is 0 Å². The van der Waals surface area contributed by atoms with Crippen LogP contribution in [-0.4, -0.2) is 88.9 Å². The zero-order valence-electron chi connectivity index (χ0n) is 23.4. The standard InChI is InChI=1S/C28H44BNO7S/c1-27(2,28(3,4)38)37-29-25-10-11-26(30-22-25)36-21-20-34-17-16-32-13-12-31-14-15-33-18-19-35-23-24-8-6-5-7-9-24/h5-11,22,29,38H,12-21,23H2,1-4H3. The van der Waals surface area contributed by atoms with Gasteiger partial charge in [-0.1, -0.05) is 36.4 Å². The van der Waals surface area contributed by atoms with Gasteiger partial charge in [0.15, 0.2) is 0 Å². The van der Waals surface area contributed by atoms with Crippen molar-refractivity contribution in [2.75, 3.05) is 66.1 Å². The quantitative estimate of drug-likeness (QED) is 0.136. The Bertz CT molecular complexity index is 851. The third-order valence-corrected chi connectivity index (χ3v) is 6.49. The molecular formula is C28H44BNO7S. The van der Waals surface area contributed by atoms with Crippen molar-refractivity contribution in [2.45, 2.75) is 44.6 Å². The SMILES string of the molecule is CC(C)(S)C(C)(C)OBc1ccc(OCCOCCOCCOCCOCCOCc2ccccc2)nc1. The molecule has 212 valence electrons. The third-order valence-electron chi connectivity index (χ3n) is 5.95. The molecule has 2 aromatic rings. The largest absolute Gasteiger partial charge is 0.475 e. The van der Waals surface area contributed by atoms with Crippen LogP contribution in [0.3, 0.4) is 0 Å². The second kappa shape index (κ2) is 18.6. The molecule has 0 amide bonds. The minimum atomic E-state index is -0.368. The fraction of sp³-hybridized carbons (Fsp3) is 0.607. The van der Waals surface area contributed by atoms with Crippen LogP contribution in [-0.2, 0) is 34.9 Å². The van der Waals surface area contributed by atoms with Crippen LogP contribution < -0.4 is 10.2 Å². The first kappa shape index (κ1) is 32.6. The van der Waals surface area contributed by atoms with Gasteiger partial charge in [0.05, 0.1) is 71.7 Å². The summed E-state index contributed by atoms with van der Waals surface area (Å²) in [5.74, 6) is 0.559. The van der Waals surface area contributed by atoms with Crippen LogP contribution in [0.25, 0.3) is 0 Å². The zero-order valence-corrected chi connectivity index (χ0v) is 24.3. The predicted molar refractivity (Wildman–Crippen MR) is 154 cm³/mol. The number of pyridine rings is 1. The first-order valence-corrected chi connectivity index (χ1v) is 13.6. The monoisotopic (exact) mass is 549 g/mol. The van der Waals surface area contributed by atoms with Gasteiger partial charge in [-0.05, 0) is 44.8 Å². The molecule has 0 saturated carbocycles. The molecule has 0 aliphatic heterocycles. The van der Waals surface area contributed by atoms with Gasteiger partial charge in [0.25, 0.3) is 0 Å². The fourth-order valence-electron chi connectivity index (χ4n) is 2.87.